The number of benzene rings is 2. The number of carbonyl (C=O) groups excluding carboxylic acids is 1. The molecule has 0 aromatic heterocycles. The van der Waals surface area contributed by atoms with Gasteiger partial charge in [0.15, 0.2) is 0 Å². The molecule has 2 aromatic carbocycles. The third kappa shape index (κ3) is 4.24. The van der Waals surface area contributed by atoms with E-state index in [1.807, 2.05) is 36.4 Å². The lowest BCUT2D eigenvalue weighted by Crippen LogP contribution is -2.47. The minimum atomic E-state index is -0.287. The van der Waals surface area contributed by atoms with Gasteiger partial charge in [-0.1, -0.05) is 69.5 Å². The smallest absolute Gasteiger partial charge is 0.235 e. The average Bonchev–Trinajstić information content (AvgIpc) is 2.80. The van der Waals surface area contributed by atoms with Crippen LogP contribution in [0.15, 0.2) is 48.5 Å². The summed E-state index contributed by atoms with van der Waals surface area (Å²) in [6, 6.07) is 16.4. The van der Waals surface area contributed by atoms with E-state index < -0.39 is 0 Å². The van der Waals surface area contributed by atoms with Crippen LogP contribution in [0, 0.1) is 0 Å². The number of fused-ring (bicyclic) bond motifs is 2. The molecule has 4 heteroatoms. The molecule has 2 aromatic rings. The van der Waals surface area contributed by atoms with Crippen molar-refractivity contribution in [2.45, 2.75) is 57.9 Å². The zero-order valence-corrected chi connectivity index (χ0v) is 18.3. The maximum Gasteiger partial charge on any atom is 0.235 e. The number of hydrogen-bond donors (Lipinski definition) is 0. The highest BCUT2D eigenvalue weighted by atomic mass is 16.5. The molecule has 160 valence electrons. The molecule has 0 atom stereocenters. The van der Waals surface area contributed by atoms with E-state index in [1.54, 1.807) is 0 Å². The molecule has 1 aliphatic heterocycles. The van der Waals surface area contributed by atoms with Crippen molar-refractivity contribution >= 4 is 5.91 Å². The summed E-state index contributed by atoms with van der Waals surface area (Å²) in [5, 5.41) is 0. The molecule has 2 aliphatic rings. The second-order valence-electron chi connectivity index (χ2n) is 8.46. The highest BCUT2D eigenvalue weighted by molar-refractivity contribution is 5.90. The molecule has 0 N–H and O–H groups in total. The fraction of sp³-hybridized carbons (Fsp3) is 0.500. The summed E-state index contributed by atoms with van der Waals surface area (Å²) in [5.41, 5.74) is 1.98. The molecular formula is C26H34N2O2. The Labute approximate surface area is 180 Å². The van der Waals surface area contributed by atoms with Crippen LogP contribution in [-0.4, -0.2) is 47.9 Å². The molecule has 0 unspecified atom stereocenters. The molecular weight excluding hydrogens is 372 g/mol. The van der Waals surface area contributed by atoms with E-state index in [1.165, 1.54) is 19.3 Å². The first-order chi connectivity index (χ1) is 14.7. The van der Waals surface area contributed by atoms with Crippen molar-refractivity contribution in [3.63, 3.8) is 0 Å². The van der Waals surface area contributed by atoms with Crippen LogP contribution in [0.5, 0.6) is 11.5 Å². The zero-order valence-electron chi connectivity index (χ0n) is 18.3. The fourth-order valence-corrected chi connectivity index (χ4v) is 5.00. The van der Waals surface area contributed by atoms with Crippen LogP contribution in [0.3, 0.4) is 0 Å². The molecule has 4 rings (SSSR count). The van der Waals surface area contributed by atoms with Gasteiger partial charge < -0.3 is 14.5 Å². The van der Waals surface area contributed by atoms with E-state index in [0.29, 0.717) is 6.04 Å². The van der Waals surface area contributed by atoms with Crippen LogP contribution in [-0.2, 0) is 4.79 Å². The molecule has 1 heterocycles. The molecule has 0 spiro atoms. The van der Waals surface area contributed by atoms with Crippen LogP contribution < -0.4 is 4.74 Å². The summed E-state index contributed by atoms with van der Waals surface area (Å²) in [4.78, 5) is 18.8. The van der Waals surface area contributed by atoms with Gasteiger partial charge in [0, 0.05) is 30.3 Å². The van der Waals surface area contributed by atoms with Crippen molar-refractivity contribution in [1.29, 1.82) is 0 Å². The maximum atomic E-state index is 14.2. The number of ether oxygens (including phenoxy) is 1. The molecule has 1 aliphatic carbocycles. The van der Waals surface area contributed by atoms with Crippen molar-refractivity contribution < 1.29 is 9.53 Å². The van der Waals surface area contributed by atoms with Crippen LogP contribution in [0.4, 0.5) is 0 Å². The van der Waals surface area contributed by atoms with Gasteiger partial charge in [0.2, 0.25) is 5.91 Å². The summed E-state index contributed by atoms with van der Waals surface area (Å²) in [7, 11) is 0. The lowest BCUT2D eigenvalue weighted by atomic mass is 9.85. The Hall–Kier alpha value is -2.33. The van der Waals surface area contributed by atoms with Gasteiger partial charge in [-0.15, -0.1) is 0 Å². The third-order valence-corrected chi connectivity index (χ3v) is 6.78. The Morgan fingerprint density at radius 2 is 1.43 bits per heavy atom. The predicted molar refractivity (Wildman–Crippen MR) is 121 cm³/mol. The van der Waals surface area contributed by atoms with Gasteiger partial charge in [-0.05, 0) is 38.1 Å². The topological polar surface area (TPSA) is 32.8 Å². The van der Waals surface area contributed by atoms with E-state index in [9.17, 15) is 4.79 Å². The lowest BCUT2D eigenvalue weighted by molar-refractivity contribution is -0.135. The summed E-state index contributed by atoms with van der Waals surface area (Å²) in [6.07, 6.45) is 5.98. The van der Waals surface area contributed by atoms with Crippen molar-refractivity contribution in [3.8, 4) is 11.5 Å². The Morgan fingerprint density at radius 1 is 0.867 bits per heavy atom. The maximum absolute atomic E-state index is 14.2. The SMILES string of the molecule is CCN(CC)CCN(C(=O)C1c2ccccc2Oc2ccccc21)C1CCCCC1. The largest absolute Gasteiger partial charge is 0.457 e. The second-order valence-corrected chi connectivity index (χ2v) is 8.46. The first-order valence-electron chi connectivity index (χ1n) is 11.6. The van der Waals surface area contributed by atoms with E-state index in [2.05, 4.69) is 35.8 Å². The number of hydrogen-bond acceptors (Lipinski definition) is 3. The first kappa shape index (κ1) is 20.9. The monoisotopic (exact) mass is 406 g/mol. The Balaban J connectivity index is 1.68. The van der Waals surface area contributed by atoms with Crippen LogP contribution in [0.1, 0.15) is 63.0 Å². The summed E-state index contributed by atoms with van der Waals surface area (Å²) in [5.74, 6) is 1.56. The zero-order chi connectivity index (χ0) is 20.9. The number of rotatable bonds is 7. The number of para-hydroxylation sites is 2. The minimum Gasteiger partial charge on any atom is -0.457 e. The van der Waals surface area contributed by atoms with Gasteiger partial charge >= 0.3 is 0 Å². The molecule has 4 nitrogen and oxygen atoms in total. The van der Waals surface area contributed by atoms with Crippen LogP contribution >= 0.6 is 0 Å². The molecule has 0 bridgehead atoms. The number of nitrogens with zero attached hydrogens (tertiary/aromatic N) is 2. The number of likely N-dealkylation sites (N-methyl/N-ethyl adjacent to an activating group) is 1. The van der Waals surface area contributed by atoms with Gasteiger partial charge in [-0.3, -0.25) is 4.79 Å². The first-order valence-corrected chi connectivity index (χ1v) is 11.6. The van der Waals surface area contributed by atoms with Crippen molar-refractivity contribution in [2.24, 2.45) is 0 Å². The molecule has 1 amide bonds. The Kier molecular flexibility index (Phi) is 6.73. The Morgan fingerprint density at radius 3 is 2.00 bits per heavy atom. The second kappa shape index (κ2) is 9.65. The standard InChI is InChI=1S/C26H34N2O2/c1-3-27(4-2)18-19-28(20-12-6-5-7-13-20)26(29)25-21-14-8-10-16-23(21)30-24-17-11-9-15-22(24)25/h8-11,14-17,20,25H,3-7,12-13,18-19H2,1-2H3. The minimum absolute atomic E-state index is 0.234. The molecule has 1 saturated carbocycles. The highest BCUT2D eigenvalue weighted by Crippen LogP contribution is 2.45. The van der Waals surface area contributed by atoms with Crippen molar-refractivity contribution in [1.82, 2.24) is 9.80 Å². The number of amides is 1. The summed E-state index contributed by atoms with van der Waals surface area (Å²) in [6.45, 7) is 8.16. The average molecular weight is 407 g/mol. The van der Waals surface area contributed by atoms with Gasteiger partial charge in [-0.25, -0.2) is 0 Å². The van der Waals surface area contributed by atoms with Gasteiger partial charge in [0.1, 0.15) is 11.5 Å². The van der Waals surface area contributed by atoms with Gasteiger partial charge in [0.25, 0.3) is 0 Å². The summed E-state index contributed by atoms with van der Waals surface area (Å²) >= 11 is 0. The predicted octanol–water partition coefficient (Wildman–Crippen LogP) is 5.43. The van der Waals surface area contributed by atoms with Gasteiger partial charge in [-0.2, -0.15) is 0 Å². The molecule has 0 saturated heterocycles. The van der Waals surface area contributed by atoms with Crippen molar-refractivity contribution in [2.75, 3.05) is 26.2 Å². The Bertz CT molecular complexity index is 810. The molecule has 30 heavy (non-hydrogen) atoms. The lowest BCUT2D eigenvalue weighted by Gasteiger charge is -2.39. The van der Waals surface area contributed by atoms with E-state index >= 15 is 0 Å². The fourth-order valence-electron chi connectivity index (χ4n) is 5.00. The van der Waals surface area contributed by atoms with E-state index in [4.69, 9.17) is 4.74 Å². The van der Waals surface area contributed by atoms with Crippen molar-refractivity contribution in [3.05, 3.63) is 59.7 Å². The van der Waals surface area contributed by atoms with E-state index in [-0.39, 0.29) is 11.8 Å². The van der Waals surface area contributed by atoms with Crippen LogP contribution in [0.2, 0.25) is 0 Å². The molecule has 1 fully saturated rings. The number of carbonyl (C=O) groups is 1. The quantitative estimate of drug-likeness (QED) is 0.615. The third-order valence-electron chi connectivity index (χ3n) is 6.78. The van der Waals surface area contributed by atoms with Gasteiger partial charge in [0.05, 0.1) is 5.92 Å². The van der Waals surface area contributed by atoms with E-state index in [0.717, 1.165) is 61.6 Å². The summed E-state index contributed by atoms with van der Waals surface area (Å²) < 4.78 is 6.14. The highest BCUT2D eigenvalue weighted by Gasteiger charge is 2.37. The van der Waals surface area contributed by atoms with Crippen LogP contribution in [0.25, 0.3) is 0 Å². The molecule has 0 radical (unpaired) electrons. The normalized spacial score (nSPS) is 16.6.